The SMILES string of the molecule is O=C1CCC(N2Cc3c(ccc4c3OCC43CCN(Cc4ccc(C(F)F)cc4)CC3)C2=O)C(=O)N1. The number of carbonyl (C=O) groups excluding carboxylic acids is 3. The summed E-state index contributed by atoms with van der Waals surface area (Å²) in [5.74, 6) is -0.146. The lowest BCUT2D eigenvalue weighted by Crippen LogP contribution is -2.52. The molecule has 36 heavy (non-hydrogen) atoms. The van der Waals surface area contributed by atoms with Crippen LogP contribution < -0.4 is 10.1 Å². The molecule has 4 aliphatic rings. The van der Waals surface area contributed by atoms with E-state index in [1.165, 1.54) is 12.1 Å². The Balaban J connectivity index is 1.16. The summed E-state index contributed by atoms with van der Waals surface area (Å²) in [5, 5.41) is 2.34. The highest BCUT2D eigenvalue weighted by Gasteiger charge is 2.47. The Labute approximate surface area is 207 Å². The second kappa shape index (κ2) is 8.65. The average molecular weight is 496 g/mol. The number of benzene rings is 2. The molecule has 7 nitrogen and oxygen atoms in total. The highest BCUT2D eigenvalue weighted by Crippen LogP contribution is 2.49. The van der Waals surface area contributed by atoms with E-state index in [9.17, 15) is 23.2 Å². The molecule has 2 aromatic rings. The molecule has 0 radical (unpaired) electrons. The summed E-state index contributed by atoms with van der Waals surface area (Å²) in [6.07, 6.45) is -0.0967. The Morgan fingerprint density at radius 1 is 1.06 bits per heavy atom. The Hall–Kier alpha value is -3.33. The van der Waals surface area contributed by atoms with Crippen molar-refractivity contribution in [3.8, 4) is 5.75 Å². The maximum absolute atomic E-state index is 13.1. The third kappa shape index (κ3) is 3.77. The highest BCUT2D eigenvalue weighted by atomic mass is 19.3. The first-order valence-corrected chi connectivity index (χ1v) is 12.4. The molecular weight excluding hydrogens is 468 g/mol. The number of imide groups is 1. The maximum Gasteiger partial charge on any atom is 0.263 e. The molecule has 4 aliphatic heterocycles. The highest BCUT2D eigenvalue weighted by molar-refractivity contribution is 6.05. The first kappa shape index (κ1) is 23.1. The van der Waals surface area contributed by atoms with Crippen molar-refractivity contribution in [2.45, 2.75) is 56.7 Å². The molecule has 6 rings (SSSR count). The summed E-state index contributed by atoms with van der Waals surface area (Å²) in [6, 6.07) is 9.75. The molecule has 9 heteroatoms. The number of rotatable bonds is 4. The fraction of sp³-hybridized carbons (Fsp3) is 0.444. The summed E-state index contributed by atoms with van der Waals surface area (Å²) in [6.45, 7) is 3.30. The van der Waals surface area contributed by atoms with Crippen LogP contribution in [-0.2, 0) is 28.1 Å². The second-order valence-electron chi connectivity index (χ2n) is 10.3. The molecule has 0 aliphatic carbocycles. The van der Waals surface area contributed by atoms with Gasteiger partial charge in [0.05, 0.1) is 13.2 Å². The van der Waals surface area contributed by atoms with Gasteiger partial charge in [-0.15, -0.1) is 0 Å². The van der Waals surface area contributed by atoms with Gasteiger partial charge in [-0.3, -0.25) is 24.6 Å². The van der Waals surface area contributed by atoms with Crippen LogP contribution >= 0.6 is 0 Å². The molecule has 0 bridgehead atoms. The van der Waals surface area contributed by atoms with Gasteiger partial charge in [0.1, 0.15) is 11.8 Å². The molecule has 1 N–H and O–H groups in total. The van der Waals surface area contributed by atoms with E-state index in [-0.39, 0.29) is 29.2 Å². The average Bonchev–Trinajstić information content (AvgIpc) is 3.39. The van der Waals surface area contributed by atoms with Crippen LogP contribution in [-0.4, -0.2) is 53.3 Å². The van der Waals surface area contributed by atoms with Crippen molar-refractivity contribution in [1.29, 1.82) is 0 Å². The number of likely N-dealkylation sites (tertiary alicyclic amines) is 1. The first-order chi connectivity index (χ1) is 17.3. The second-order valence-corrected chi connectivity index (χ2v) is 10.3. The lowest BCUT2D eigenvalue weighted by Gasteiger charge is -2.38. The minimum Gasteiger partial charge on any atom is -0.492 e. The topological polar surface area (TPSA) is 79.0 Å². The summed E-state index contributed by atoms with van der Waals surface area (Å²) in [7, 11) is 0. The van der Waals surface area contributed by atoms with Crippen LogP contribution in [0.25, 0.3) is 0 Å². The lowest BCUT2D eigenvalue weighted by atomic mass is 9.74. The number of fused-ring (bicyclic) bond motifs is 4. The van der Waals surface area contributed by atoms with Gasteiger partial charge in [0.2, 0.25) is 11.8 Å². The van der Waals surface area contributed by atoms with Crippen LogP contribution in [0.2, 0.25) is 0 Å². The van der Waals surface area contributed by atoms with Crippen LogP contribution in [0, 0.1) is 0 Å². The van der Waals surface area contributed by atoms with Crippen LogP contribution in [0.15, 0.2) is 36.4 Å². The number of piperidine rings is 2. The summed E-state index contributed by atoms with van der Waals surface area (Å²) < 4.78 is 31.9. The first-order valence-electron chi connectivity index (χ1n) is 12.4. The molecule has 0 saturated carbocycles. The number of nitrogens with zero attached hydrogens (tertiary/aromatic N) is 2. The van der Waals surface area contributed by atoms with Crippen molar-refractivity contribution in [2.75, 3.05) is 19.7 Å². The Kier molecular flexibility index (Phi) is 5.55. The fourth-order valence-electron chi connectivity index (χ4n) is 6.06. The van der Waals surface area contributed by atoms with Crippen molar-refractivity contribution in [3.05, 3.63) is 64.2 Å². The lowest BCUT2D eigenvalue weighted by molar-refractivity contribution is -0.136. The van der Waals surface area contributed by atoms with E-state index in [2.05, 4.69) is 10.2 Å². The van der Waals surface area contributed by atoms with Crippen LogP contribution in [0.5, 0.6) is 5.75 Å². The molecule has 1 spiro atoms. The van der Waals surface area contributed by atoms with E-state index in [1.807, 2.05) is 12.1 Å². The number of hydrogen-bond donors (Lipinski definition) is 1. The monoisotopic (exact) mass is 495 g/mol. The third-order valence-corrected chi connectivity index (χ3v) is 8.18. The van der Waals surface area contributed by atoms with E-state index in [1.54, 1.807) is 17.0 Å². The number of halogens is 2. The molecule has 2 aromatic carbocycles. The molecule has 4 heterocycles. The minimum absolute atomic E-state index is 0.0400. The molecule has 1 unspecified atom stereocenters. The number of nitrogens with one attached hydrogen (secondary N) is 1. The summed E-state index contributed by atoms with van der Waals surface area (Å²) in [5.41, 5.74) is 3.47. The Bertz CT molecular complexity index is 1240. The molecule has 0 aromatic heterocycles. The number of hydrogen-bond acceptors (Lipinski definition) is 5. The van der Waals surface area contributed by atoms with Crippen LogP contribution in [0.3, 0.4) is 0 Å². The van der Waals surface area contributed by atoms with Crippen molar-refractivity contribution < 1.29 is 27.9 Å². The van der Waals surface area contributed by atoms with Gasteiger partial charge in [-0.25, -0.2) is 8.78 Å². The van der Waals surface area contributed by atoms with Gasteiger partial charge in [0.25, 0.3) is 12.3 Å². The Morgan fingerprint density at radius 2 is 1.81 bits per heavy atom. The van der Waals surface area contributed by atoms with Gasteiger partial charge >= 0.3 is 0 Å². The van der Waals surface area contributed by atoms with Gasteiger partial charge in [0.15, 0.2) is 0 Å². The smallest absolute Gasteiger partial charge is 0.263 e. The van der Waals surface area contributed by atoms with E-state index < -0.39 is 18.4 Å². The minimum atomic E-state index is -2.45. The van der Waals surface area contributed by atoms with Crippen molar-refractivity contribution in [2.24, 2.45) is 0 Å². The van der Waals surface area contributed by atoms with Crippen LogP contribution in [0.4, 0.5) is 8.78 Å². The number of ether oxygens (including phenoxy) is 1. The summed E-state index contributed by atoms with van der Waals surface area (Å²) >= 11 is 0. The quantitative estimate of drug-likeness (QED) is 0.659. The predicted octanol–water partition coefficient (Wildman–Crippen LogP) is 3.31. The summed E-state index contributed by atoms with van der Waals surface area (Å²) in [4.78, 5) is 40.9. The third-order valence-electron chi connectivity index (χ3n) is 8.18. The zero-order valence-corrected chi connectivity index (χ0v) is 19.8. The molecule has 1 atom stereocenters. The number of amides is 3. The normalized spacial score (nSPS) is 23.1. The molecular formula is C27H27F2N3O4. The van der Waals surface area contributed by atoms with Gasteiger partial charge in [-0.2, -0.15) is 0 Å². The van der Waals surface area contributed by atoms with Crippen molar-refractivity contribution in [1.82, 2.24) is 15.1 Å². The van der Waals surface area contributed by atoms with Crippen molar-refractivity contribution >= 4 is 17.7 Å². The van der Waals surface area contributed by atoms with E-state index in [0.717, 1.165) is 48.4 Å². The number of carbonyl (C=O) groups is 3. The maximum atomic E-state index is 13.1. The molecule has 3 amide bonds. The number of alkyl halides is 2. The van der Waals surface area contributed by atoms with Gasteiger partial charge < -0.3 is 9.64 Å². The molecule has 2 saturated heterocycles. The van der Waals surface area contributed by atoms with Crippen LogP contribution in [0.1, 0.15) is 64.7 Å². The van der Waals surface area contributed by atoms with E-state index in [4.69, 9.17) is 4.74 Å². The van der Waals surface area contributed by atoms with Gasteiger partial charge in [-0.05, 0) is 44.0 Å². The zero-order valence-electron chi connectivity index (χ0n) is 19.8. The molecule has 188 valence electrons. The molecule has 2 fully saturated rings. The zero-order chi connectivity index (χ0) is 25.0. The Morgan fingerprint density at radius 3 is 2.50 bits per heavy atom. The van der Waals surface area contributed by atoms with Gasteiger partial charge in [0, 0.05) is 40.6 Å². The fourth-order valence-corrected chi connectivity index (χ4v) is 6.06. The van der Waals surface area contributed by atoms with Crippen molar-refractivity contribution in [3.63, 3.8) is 0 Å². The standard InChI is InChI=1S/C27H27F2N3O4/c28-24(29)17-3-1-16(2-4-17)13-31-11-9-27(10-12-31)15-36-23-19-14-32(21-7-8-22(33)30-25(21)34)26(35)18(19)5-6-20(23)27/h1-6,21,24H,7-15H2,(H,30,33,34). The van der Waals surface area contributed by atoms with Gasteiger partial charge in [-0.1, -0.05) is 30.3 Å². The van der Waals surface area contributed by atoms with E-state index >= 15 is 0 Å². The van der Waals surface area contributed by atoms with E-state index in [0.29, 0.717) is 31.7 Å². The largest absolute Gasteiger partial charge is 0.492 e. The predicted molar refractivity (Wildman–Crippen MR) is 126 cm³/mol.